The topological polar surface area (TPSA) is 34.2 Å². The van der Waals surface area contributed by atoms with Gasteiger partial charge in [0.05, 0.1) is 17.3 Å². The number of anilines is 1. The molecule has 13 rings (SSSR count). The lowest BCUT2D eigenvalue weighted by atomic mass is 9.85. The highest BCUT2D eigenvalue weighted by Gasteiger charge is 2.31. The van der Waals surface area contributed by atoms with Crippen LogP contribution < -0.4 is 5.32 Å². The number of fused-ring (bicyclic) bond motifs is 10. The molecule has 5 aliphatic rings. The highest BCUT2D eigenvalue weighted by Crippen LogP contribution is 2.46. The van der Waals surface area contributed by atoms with Crippen LogP contribution in [0.5, 0.6) is 0 Å². The Balaban J connectivity index is 0.937. The molecule has 2 atom stereocenters. The fourth-order valence-electron chi connectivity index (χ4n) is 11.0. The zero-order valence-corrected chi connectivity index (χ0v) is 34.8. The Labute approximate surface area is 359 Å². The average molecular weight is 805 g/mol. The molecular weight excluding hydrogens is 761 g/mol. The van der Waals surface area contributed by atoms with Crippen molar-refractivity contribution >= 4 is 82.4 Å². The summed E-state index contributed by atoms with van der Waals surface area (Å²) in [6, 6.07) is 40.7. The summed E-state index contributed by atoms with van der Waals surface area (Å²) in [6.07, 6.45) is 28.2. The van der Waals surface area contributed by atoms with E-state index in [0.717, 1.165) is 61.9 Å². The number of hydrogen-bond acceptors (Lipinski definition) is 3. The molecule has 0 radical (unpaired) electrons. The van der Waals surface area contributed by atoms with E-state index in [1.807, 2.05) is 11.3 Å². The molecule has 4 heterocycles. The predicted molar refractivity (Wildman–Crippen MR) is 259 cm³/mol. The smallest absolute Gasteiger partial charge is 0.201 e. The number of allylic oxidation sites excluding steroid dienone is 10. The zero-order chi connectivity index (χ0) is 40.0. The Kier molecular flexibility index (Phi) is 8.02. The van der Waals surface area contributed by atoms with Gasteiger partial charge >= 0.3 is 0 Å². The van der Waals surface area contributed by atoms with Crippen molar-refractivity contribution in [1.82, 2.24) is 9.13 Å². The Bertz CT molecular complexity index is 3390. The second-order valence-corrected chi connectivity index (χ2v) is 18.1. The lowest BCUT2D eigenvalue weighted by Crippen LogP contribution is -2.26. The second kappa shape index (κ2) is 13.9. The summed E-state index contributed by atoms with van der Waals surface area (Å²) in [5, 5.41) is 9.20. The summed E-state index contributed by atoms with van der Waals surface area (Å²) in [7, 11) is 0. The Morgan fingerprint density at radius 1 is 0.574 bits per heavy atom. The van der Waals surface area contributed by atoms with Gasteiger partial charge in [-0.05, 0) is 97.6 Å². The third-order valence-electron chi connectivity index (χ3n) is 13.8. The summed E-state index contributed by atoms with van der Waals surface area (Å²) in [4.78, 5) is 5.74. The molecule has 294 valence electrons. The normalized spacial score (nSPS) is 19.3. The first-order valence-corrected chi connectivity index (χ1v) is 22.8. The fourth-order valence-corrected chi connectivity index (χ4v) is 12.4. The van der Waals surface area contributed by atoms with Crippen molar-refractivity contribution in [2.24, 2.45) is 4.99 Å². The molecule has 5 heteroatoms. The predicted octanol–water partition coefficient (Wildman–Crippen LogP) is 14.5. The van der Waals surface area contributed by atoms with Crippen molar-refractivity contribution in [3.8, 4) is 0 Å². The van der Waals surface area contributed by atoms with Crippen LogP contribution >= 0.6 is 11.3 Å². The van der Waals surface area contributed by atoms with Crippen LogP contribution in [-0.4, -0.2) is 14.8 Å². The van der Waals surface area contributed by atoms with Gasteiger partial charge in [0, 0.05) is 75.8 Å². The van der Waals surface area contributed by atoms with Crippen LogP contribution in [0.15, 0.2) is 168 Å². The number of benzene rings is 5. The summed E-state index contributed by atoms with van der Waals surface area (Å²) >= 11 is 1.92. The van der Waals surface area contributed by atoms with E-state index < -0.39 is 0 Å². The lowest BCUT2D eigenvalue weighted by molar-refractivity contribution is 0.576. The minimum atomic E-state index is -0.294. The molecule has 5 aromatic carbocycles. The van der Waals surface area contributed by atoms with Crippen LogP contribution in [0.2, 0.25) is 0 Å². The van der Waals surface area contributed by atoms with Crippen molar-refractivity contribution in [2.45, 2.75) is 57.3 Å². The van der Waals surface area contributed by atoms with Gasteiger partial charge in [0.2, 0.25) is 6.29 Å². The van der Waals surface area contributed by atoms with E-state index in [-0.39, 0.29) is 6.29 Å². The van der Waals surface area contributed by atoms with Crippen LogP contribution in [0.1, 0.15) is 83.6 Å². The minimum Gasteiger partial charge on any atom is -0.346 e. The summed E-state index contributed by atoms with van der Waals surface area (Å²) in [6.45, 7) is 0. The molecule has 0 amide bonds. The molecule has 0 saturated heterocycles. The van der Waals surface area contributed by atoms with E-state index in [4.69, 9.17) is 4.99 Å². The molecule has 4 aliphatic carbocycles. The van der Waals surface area contributed by atoms with Gasteiger partial charge in [0.1, 0.15) is 0 Å². The fraction of sp³-hybridized carbons (Fsp3) is 0.161. The van der Waals surface area contributed by atoms with Gasteiger partial charge in [-0.3, -0.25) is 0 Å². The van der Waals surface area contributed by atoms with Crippen LogP contribution in [0.3, 0.4) is 0 Å². The molecule has 2 unspecified atom stereocenters. The number of aromatic nitrogens is 2. The number of nitrogens with one attached hydrogen (secondary N) is 1. The van der Waals surface area contributed by atoms with E-state index in [9.17, 15) is 0 Å². The highest BCUT2D eigenvalue weighted by atomic mass is 32.1. The molecule has 3 aromatic heterocycles. The Hall–Kier alpha value is -6.69. The van der Waals surface area contributed by atoms with Gasteiger partial charge in [-0.25, -0.2) is 4.99 Å². The maximum absolute atomic E-state index is 5.74. The van der Waals surface area contributed by atoms with Gasteiger partial charge in [0.25, 0.3) is 0 Å². The molecule has 0 saturated carbocycles. The monoisotopic (exact) mass is 804 g/mol. The SMILES string of the molecule is C1=CCC(n2c3c(c4ccccc42)C=C(C2=Cc4c(n(C5N=C(c6cccc7c6sc6c(C8=CCCC=C8)cccc67)c6ccccc6N5)c5ccccc45)CC2)CC3)C=C1. The molecule has 0 spiro atoms. The summed E-state index contributed by atoms with van der Waals surface area (Å²) in [5.41, 5.74) is 18.3. The maximum Gasteiger partial charge on any atom is 0.201 e. The zero-order valence-electron chi connectivity index (χ0n) is 33.9. The quantitative estimate of drug-likeness (QED) is 0.185. The number of nitrogens with zero attached hydrogens (tertiary/aromatic N) is 3. The van der Waals surface area contributed by atoms with Crippen LogP contribution in [0.4, 0.5) is 5.69 Å². The van der Waals surface area contributed by atoms with Crippen molar-refractivity contribution in [1.29, 1.82) is 0 Å². The Morgan fingerprint density at radius 3 is 1.93 bits per heavy atom. The van der Waals surface area contributed by atoms with Crippen LogP contribution in [0.25, 0.3) is 59.7 Å². The number of para-hydroxylation sites is 3. The molecule has 0 fully saturated rings. The number of aliphatic imine (C=N–C) groups is 1. The second-order valence-electron chi connectivity index (χ2n) is 17.1. The first-order valence-electron chi connectivity index (χ1n) is 22.0. The highest BCUT2D eigenvalue weighted by molar-refractivity contribution is 7.26. The number of hydrogen-bond donors (Lipinski definition) is 1. The lowest BCUT2D eigenvalue weighted by Gasteiger charge is -2.30. The molecule has 61 heavy (non-hydrogen) atoms. The summed E-state index contributed by atoms with van der Waals surface area (Å²) < 4.78 is 7.77. The van der Waals surface area contributed by atoms with E-state index in [0.29, 0.717) is 6.04 Å². The van der Waals surface area contributed by atoms with Gasteiger partial charge < -0.3 is 14.5 Å². The molecule has 0 bridgehead atoms. The van der Waals surface area contributed by atoms with E-state index >= 15 is 0 Å². The van der Waals surface area contributed by atoms with Crippen molar-refractivity contribution in [2.75, 3.05) is 5.32 Å². The average Bonchev–Trinajstić information content (AvgIpc) is 3.99. The van der Waals surface area contributed by atoms with Crippen LogP contribution in [-0.2, 0) is 12.8 Å². The van der Waals surface area contributed by atoms with E-state index in [1.54, 1.807) is 0 Å². The minimum absolute atomic E-state index is 0.294. The molecule has 4 nitrogen and oxygen atoms in total. The van der Waals surface area contributed by atoms with Crippen LogP contribution in [0, 0.1) is 0 Å². The van der Waals surface area contributed by atoms with Gasteiger partial charge in [0.15, 0.2) is 0 Å². The Morgan fingerprint density at radius 2 is 1.21 bits per heavy atom. The molecule has 1 aliphatic heterocycles. The standard InChI is InChI=1S/C56H44N4S/c1-3-15-35(16-4-1)39-22-13-23-42-43-24-14-25-45(55(43)61-54(39)42)53-44-21-7-10-26-48(44)57-56(58-53)60-50-28-12-9-20-41(50)47-34-37(30-32-52(47)60)36-29-31-51-46(33-36)40-19-8-11-27-49(40)59(51)38-17-5-2-6-18-38/h2-3,5-17,19-28,33-34,38,56-57H,1,4,18,29-32H2. The van der Waals surface area contributed by atoms with E-state index in [2.05, 4.69) is 178 Å². The molecule has 8 aromatic rings. The van der Waals surface area contributed by atoms with Crippen molar-refractivity contribution in [3.05, 3.63) is 202 Å². The van der Waals surface area contributed by atoms with Gasteiger partial charge in [-0.2, -0.15) is 0 Å². The maximum atomic E-state index is 5.74. The van der Waals surface area contributed by atoms with Crippen molar-refractivity contribution in [3.63, 3.8) is 0 Å². The third kappa shape index (κ3) is 5.46. The first kappa shape index (κ1) is 35.1. The third-order valence-corrected chi connectivity index (χ3v) is 15.0. The van der Waals surface area contributed by atoms with E-state index in [1.165, 1.54) is 92.3 Å². The molecular formula is C56H44N4S. The summed E-state index contributed by atoms with van der Waals surface area (Å²) in [5.74, 6) is 0. The van der Waals surface area contributed by atoms with Gasteiger partial charge in [-0.15, -0.1) is 11.3 Å². The van der Waals surface area contributed by atoms with Crippen molar-refractivity contribution < 1.29 is 0 Å². The number of thiophene rings is 1. The van der Waals surface area contributed by atoms with Gasteiger partial charge in [-0.1, -0.05) is 134 Å². The first-order chi connectivity index (χ1) is 30.3. The largest absolute Gasteiger partial charge is 0.346 e. The number of rotatable bonds is 5. The molecule has 1 N–H and O–H groups in total.